The summed E-state index contributed by atoms with van der Waals surface area (Å²) in [4.78, 5) is 0. The van der Waals surface area contributed by atoms with Crippen LogP contribution < -0.4 is 5.32 Å². The second-order valence-corrected chi connectivity index (χ2v) is 4.57. The molecule has 0 aliphatic carbocycles. The van der Waals surface area contributed by atoms with E-state index in [-0.39, 0.29) is 19.0 Å². The van der Waals surface area contributed by atoms with Crippen LogP contribution in [0.1, 0.15) is 24.7 Å². The maximum Gasteiger partial charge on any atom is 0.0729 e. The maximum atomic E-state index is 8.84. The molecule has 0 aliphatic rings. The molecule has 0 atom stereocenters. The maximum absolute atomic E-state index is 8.84. The summed E-state index contributed by atoms with van der Waals surface area (Å²) in [5.41, 5.74) is 3.17. The van der Waals surface area contributed by atoms with Crippen molar-refractivity contribution in [2.24, 2.45) is 0 Å². The van der Waals surface area contributed by atoms with E-state index in [1.54, 1.807) is 10.9 Å². The van der Waals surface area contributed by atoms with Gasteiger partial charge in [-0.2, -0.15) is 10.2 Å². The largest absolute Gasteiger partial charge is 0.394 e. The zero-order chi connectivity index (χ0) is 13.7. The molecule has 0 radical (unpaired) electrons. The first-order valence-electron chi connectivity index (χ1n) is 6.63. The summed E-state index contributed by atoms with van der Waals surface area (Å²) in [7, 11) is 0. The van der Waals surface area contributed by atoms with Gasteiger partial charge >= 0.3 is 0 Å². The summed E-state index contributed by atoms with van der Waals surface area (Å²) in [6.07, 6.45) is 4.73. The first kappa shape index (κ1) is 16.5. The predicted octanol–water partition coefficient (Wildman–Crippen LogP) is 1.82. The Morgan fingerprint density at radius 3 is 2.85 bits per heavy atom. The molecule has 0 unspecified atom stereocenters. The molecule has 0 bridgehead atoms. The Morgan fingerprint density at radius 2 is 2.15 bits per heavy atom. The molecule has 0 fully saturated rings. The van der Waals surface area contributed by atoms with Gasteiger partial charge in [0.05, 0.1) is 43.0 Å². The summed E-state index contributed by atoms with van der Waals surface area (Å²) in [5.74, 6) is 0. The summed E-state index contributed by atoms with van der Waals surface area (Å²) in [6.45, 7) is 6.44. The van der Waals surface area contributed by atoms with Crippen molar-refractivity contribution in [1.82, 2.24) is 19.6 Å². The average molecular weight is 300 g/mol. The molecule has 0 amide bonds. The molecule has 2 rings (SSSR count). The number of hydrogen-bond acceptors (Lipinski definition) is 4. The van der Waals surface area contributed by atoms with E-state index < -0.39 is 0 Å². The number of hydrogen-bond donors (Lipinski definition) is 2. The number of aliphatic hydroxyl groups is 1. The van der Waals surface area contributed by atoms with Gasteiger partial charge in [-0.1, -0.05) is 6.92 Å². The SMILES string of the molecule is CCCn1nc(C)cc1CNc1cnn(CCO)c1.Cl. The Bertz CT molecular complexity index is 523. The number of aromatic nitrogens is 4. The predicted molar refractivity (Wildman–Crippen MR) is 81.1 cm³/mol. The molecular weight excluding hydrogens is 278 g/mol. The molecule has 20 heavy (non-hydrogen) atoms. The highest BCUT2D eigenvalue weighted by Gasteiger charge is 2.05. The van der Waals surface area contributed by atoms with Crippen molar-refractivity contribution in [2.45, 2.75) is 39.9 Å². The molecule has 0 aromatic carbocycles. The molecule has 6 nitrogen and oxygen atoms in total. The van der Waals surface area contributed by atoms with Gasteiger partial charge in [0, 0.05) is 12.7 Å². The number of nitrogens with zero attached hydrogens (tertiary/aromatic N) is 4. The zero-order valence-electron chi connectivity index (χ0n) is 11.9. The first-order valence-corrected chi connectivity index (χ1v) is 6.63. The number of aliphatic hydroxyl groups excluding tert-OH is 1. The molecule has 112 valence electrons. The highest BCUT2D eigenvalue weighted by atomic mass is 35.5. The van der Waals surface area contributed by atoms with Crippen molar-refractivity contribution in [2.75, 3.05) is 11.9 Å². The van der Waals surface area contributed by atoms with E-state index in [2.05, 4.69) is 28.5 Å². The molecule has 0 spiro atoms. The minimum atomic E-state index is 0. The molecule has 0 aliphatic heterocycles. The van der Waals surface area contributed by atoms with Gasteiger partial charge in [0.1, 0.15) is 0 Å². The Labute approximate surface area is 125 Å². The van der Waals surface area contributed by atoms with E-state index in [4.69, 9.17) is 5.11 Å². The molecular formula is C13H22ClN5O. The molecule has 2 aromatic heterocycles. The molecule has 0 saturated carbocycles. The normalized spacial score (nSPS) is 10.3. The monoisotopic (exact) mass is 299 g/mol. The summed E-state index contributed by atoms with van der Waals surface area (Å²) < 4.78 is 3.76. The quantitative estimate of drug-likeness (QED) is 0.818. The molecule has 2 aromatic rings. The van der Waals surface area contributed by atoms with Crippen molar-refractivity contribution in [3.8, 4) is 0 Å². The van der Waals surface area contributed by atoms with Crippen LogP contribution in [0.25, 0.3) is 0 Å². The van der Waals surface area contributed by atoms with Crippen LogP contribution >= 0.6 is 12.4 Å². The fourth-order valence-electron chi connectivity index (χ4n) is 2.02. The van der Waals surface area contributed by atoms with E-state index in [9.17, 15) is 0 Å². The lowest BCUT2D eigenvalue weighted by atomic mass is 10.3. The Balaban J connectivity index is 0.00000200. The number of rotatable bonds is 7. The Kier molecular flexibility index (Phi) is 6.54. The highest BCUT2D eigenvalue weighted by molar-refractivity contribution is 5.85. The highest BCUT2D eigenvalue weighted by Crippen LogP contribution is 2.10. The van der Waals surface area contributed by atoms with Crippen molar-refractivity contribution >= 4 is 18.1 Å². The molecule has 7 heteroatoms. The van der Waals surface area contributed by atoms with Crippen molar-refractivity contribution in [3.63, 3.8) is 0 Å². The Morgan fingerprint density at radius 1 is 1.35 bits per heavy atom. The van der Waals surface area contributed by atoms with Crippen molar-refractivity contribution in [1.29, 1.82) is 0 Å². The van der Waals surface area contributed by atoms with Crippen LogP contribution in [-0.4, -0.2) is 31.3 Å². The van der Waals surface area contributed by atoms with E-state index >= 15 is 0 Å². The lowest BCUT2D eigenvalue weighted by molar-refractivity contribution is 0.269. The van der Waals surface area contributed by atoms with E-state index in [0.29, 0.717) is 6.54 Å². The summed E-state index contributed by atoms with van der Waals surface area (Å²) >= 11 is 0. The van der Waals surface area contributed by atoms with Crippen molar-refractivity contribution < 1.29 is 5.11 Å². The fraction of sp³-hybridized carbons (Fsp3) is 0.538. The van der Waals surface area contributed by atoms with E-state index in [0.717, 1.165) is 30.9 Å². The lowest BCUT2D eigenvalue weighted by Gasteiger charge is -2.07. The topological polar surface area (TPSA) is 67.9 Å². The first-order chi connectivity index (χ1) is 9.22. The minimum Gasteiger partial charge on any atom is -0.394 e. The van der Waals surface area contributed by atoms with Crippen LogP contribution in [0.5, 0.6) is 0 Å². The lowest BCUT2D eigenvalue weighted by Crippen LogP contribution is -2.08. The van der Waals surface area contributed by atoms with E-state index in [1.807, 2.05) is 17.8 Å². The number of nitrogens with one attached hydrogen (secondary N) is 1. The second kappa shape index (κ2) is 7.91. The van der Waals surface area contributed by atoms with Crippen LogP contribution in [0, 0.1) is 6.92 Å². The van der Waals surface area contributed by atoms with Gasteiger partial charge < -0.3 is 10.4 Å². The fourth-order valence-corrected chi connectivity index (χ4v) is 2.02. The third-order valence-corrected chi connectivity index (χ3v) is 2.86. The van der Waals surface area contributed by atoms with Crippen LogP contribution in [0.4, 0.5) is 5.69 Å². The van der Waals surface area contributed by atoms with Gasteiger partial charge in [0.25, 0.3) is 0 Å². The van der Waals surface area contributed by atoms with Gasteiger partial charge in [0.15, 0.2) is 0 Å². The van der Waals surface area contributed by atoms with Gasteiger partial charge in [-0.15, -0.1) is 12.4 Å². The van der Waals surface area contributed by atoms with Crippen molar-refractivity contribution in [3.05, 3.63) is 29.8 Å². The van der Waals surface area contributed by atoms with E-state index in [1.165, 1.54) is 5.69 Å². The third kappa shape index (κ3) is 4.25. The smallest absolute Gasteiger partial charge is 0.0729 e. The van der Waals surface area contributed by atoms with Crippen LogP contribution in [0.15, 0.2) is 18.5 Å². The molecule has 2 N–H and O–H groups in total. The van der Waals surface area contributed by atoms with Crippen LogP contribution in [-0.2, 0) is 19.6 Å². The van der Waals surface area contributed by atoms with Crippen LogP contribution in [0.3, 0.4) is 0 Å². The number of halogens is 1. The standard InChI is InChI=1S/C13H21N5O.ClH/c1-3-4-18-13(7-11(2)16-18)9-14-12-8-15-17(10-12)5-6-19;/h7-8,10,14,19H,3-6,9H2,1-2H3;1H. The van der Waals surface area contributed by atoms with Crippen LogP contribution in [0.2, 0.25) is 0 Å². The molecule has 2 heterocycles. The second-order valence-electron chi connectivity index (χ2n) is 4.57. The summed E-state index contributed by atoms with van der Waals surface area (Å²) in [5, 5.41) is 20.8. The minimum absolute atomic E-state index is 0. The zero-order valence-corrected chi connectivity index (χ0v) is 12.7. The van der Waals surface area contributed by atoms with Gasteiger partial charge in [-0.3, -0.25) is 9.36 Å². The van der Waals surface area contributed by atoms with Gasteiger partial charge in [-0.25, -0.2) is 0 Å². The van der Waals surface area contributed by atoms with Gasteiger partial charge in [-0.05, 0) is 19.4 Å². The summed E-state index contributed by atoms with van der Waals surface area (Å²) in [6, 6.07) is 2.10. The van der Waals surface area contributed by atoms with Gasteiger partial charge in [0.2, 0.25) is 0 Å². The average Bonchev–Trinajstić information content (AvgIpc) is 2.95. The Hall–Kier alpha value is -1.53. The number of anilines is 1. The third-order valence-electron chi connectivity index (χ3n) is 2.86. The molecule has 0 saturated heterocycles. The number of aryl methyl sites for hydroxylation is 2.